The first kappa shape index (κ1) is 19.8. The molecule has 0 unspecified atom stereocenters. The number of rotatable bonds is 7. The molecule has 0 spiro atoms. The number of alkyl halides is 3. The van der Waals surface area contributed by atoms with E-state index in [1.54, 1.807) is 0 Å². The minimum absolute atomic E-state index is 0.0822. The van der Waals surface area contributed by atoms with Crippen LogP contribution < -0.4 is 16.0 Å². The SMILES string of the molecule is CCCNC(=O)CNC(=NCc1ccc(C(F)(F)F)cc1)NCC. The van der Waals surface area contributed by atoms with Gasteiger partial charge in [0, 0.05) is 13.1 Å². The third-order valence-electron chi connectivity index (χ3n) is 3.03. The summed E-state index contributed by atoms with van der Waals surface area (Å²) < 4.78 is 37.5. The van der Waals surface area contributed by atoms with Gasteiger partial charge in [-0.05, 0) is 31.0 Å². The Bertz CT molecular complexity index is 541. The Labute approximate surface area is 139 Å². The van der Waals surface area contributed by atoms with Crippen LogP contribution in [-0.4, -0.2) is 31.5 Å². The molecule has 134 valence electrons. The van der Waals surface area contributed by atoms with Gasteiger partial charge < -0.3 is 16.0 Å². The number of nitrogens with one attached hydrogen (secondary N) is 3. The van der Waals surface area contributed by atoms with E-state index < -0.39 is 11.7 Å². The molecule has 0 aromatic heterocycles. The van der Waals surface area contributed by atoms with Crippen LogP contribution in [0.2, 0.25) is 0 Å². The van der Waals surface area contributed by atoms with Gasteiger partial charge in [0.05, 0.1) is 18.7 Å². The van der Waals surface area contributed by atoms with Crippen molar-refractivity contribution in [2.24, 2.45) is 4.99 Å². The van der Waals surface area contributed by atoms with Crippen molar-refractivity contribution in [2.45, 2.75) is 33.0 Å². The molecule has 1 aromatic carbocycles. The fraction of sp³-hybridized carbons (Fsp3) is 0.500. The molecule has 0 fully saturated rings. The molecule has 0 aliphatic rings. The Hall–Kier alpha value is -2.25. The highest BCUT2D eigenvalue weighted by Gasteiger charge is 2.29. The maximum atomic E-state index is 12.5. The quantitative estimate of drug-likeness (QED) is 0.525. The number of guanidine groups is 1. The summed E-state index contributed by atoms with van der Waals surface area (Å²) in [5.74, 6) is 0.293. The average molecular weight is 344 g/mol. The van der Waals surface area contributed by atoms with Crippen molar-refractivity contribution < 1.29 is 18.0 Å². The summed E-state index contributed by atoms with van der Waals surface area (Å²) in [4.78, 5) is 15.8. The van der Waals surface area contributed by atoms with Gasteiger partial charge in [-0.25, -0.2) is 4.99 Å². The minimum atomic E-state index is -4.34. The smallest absolute Gasteiger partial charge is 0.357 e. The fourth-order valence-electron chi connectivity index (χ4n) is 1.80. The zero-order valence-electron chi connectivity index (χ0n) is 13.8. The van der Waals surface area contributed by atoms with E-state index in [2.05, 4.69) is 20.9 Å². The Morgan fingerprint density at radius 3 is 2.29 bits per heavy atom. The van der Waals surface area contributed by atoms with Gasteiger partial charge in [0.25, 0.3) is 0 Å². The van der Waals surface area contributed by atoms with E-state index in [9.17, 15) is 18.0 Å². The van der Waals surface area contributed by atoms with E-state index >= 15 is 0 Å². The number of benzene rings is 1. The average Bonchev–Trinajstić information content (AvgIpc) is 2.55. The van der Waals surface area contributed by atoms with Crippen LogP contribution in [0.1, 0.15) is 31.4 Å². The van der Waals surface area contributed by atoms with E-state index in [4.69, 9.17) is 0 Å². The van der Waals surface area contributed by atoms with E-state index in [1.165, 1.54) is 12.1 Å². The van der Waals surface area contributed by atoms with Gasteiger partial charge in [0.1, 0.15) is 0 Å². The molecule has 0 saturated heterocycles. The van der Waals surface area contributed by atoms with Crippen LogP contribution >= 0.6 is 0 Å². The lowest BCUT2D eigenvalue weighted by atomic mass is 10.1. The van der Waals surface area contributed by atoms with Crippen LogP contribution in [0.3, 0.4) is 0 Å². The maximum absolute atomic E-state index is 12.5. The summed E-state index contributed by atoms with van der Waals surface area (Å²) in [6, 6.07) is 4.85. The summed E-state index contributed by atoms with van der Waals surface area (Å²) in [5.41, 5.74) is -0.0384. The van der Waals surface area contributed by atoms with E-state index in [-0.39, 0.29) is 19.0 Å². The topological polar surface area (TPSA) is 65.5 Å². The van der Waals surface area contributed by atoms with Gasteiger partial charge in [-0.3, -0.25) is 4.79 Å². The highest BCUT2D eigenvalue weighted by molar-refractivity contribution is 5.86. The first-order valence-electron chi connectivity index (χ1n) is 7.81. The van der Waals surface area contributed by atoms with Crippen LogP contribution in [0.4, 0.5) is 13.2 Å². The van der Waals surface area contributed by atoms with Crippen LogP contribution in [0.25, 0.3) is 0 Å². The maximum Gasteiger partial charge on any atom is 0.416 e. The summed E-state index contributed by atoms with van der Waals surface area (Å²) in [7, 11) is 0. The third-order valence-corrected chi connectivity index (χ3v) is 3.03. The highest BCUT2D eigenvalue weighted by Crippen LogP contribution is 2.29. The summed E-state index contributed by atoms with van der Waals surface area (Å²) >= 11 is 0. The molecule has 0 heterocycles. The number of carbonyl (C=O) groups is 1. The largest absolute Gasteiger partial charge is 0.416 e. The monoisotopic (exact) mass is 344 g/mol. The number of aliphatic imine (C=N–C) groups is 1. The second-order valence-electron chi connectivity index (χ2n) is 5.09. The highest BCUT2D eigenvalue weighted by atomic mass is 19.4. The number of amides is 1. The summed E-state index contributed by atoms with van der Waals surface area (Å²) in [5, 5.41) is 8.59. The first-order chi connectivity index (χ1) is 11.4. The number of halogens is 3. The van der Waals surface area contributed by atoms with Gasteiger partial charge in [-0.1, -0.05) is 19.1 Å². The normalized spacial score (nSPS) is 12.0. The van der Waals surface area contributed by atoms with Gasteiger partial charge in [-0.2, -0.15) is 13.2 Å². The molecule has 0 atom stereocenters. The fourth-order valence-corrected chi connectivity index (χ4v) is 1.80. The van der Waals surface area contributed by atoms with Crippen molar-refractivity contribution in [3.63, 3.8) is 0 Å². The summed E-state index contributed by atoms with van der Waals surface area (Å²) in [6.45, 7) is 5.36. The second-order valence-corrected chi connectivity index (χ2v) is 5.09. The van der Waals surface area contributed by atoms with Crippen molar-refractivity contribution in [3.05, 3.63) is 35.4 Å². The zero-order chi connectivity index (χ0) is 18.0. The molecular formula is C16H23F3N4O. The van der Waals surface area contributed by atoms with Gasteiger partial charge in [-0.15, -0.1) is 0 Å². The van der Waals surface area contributed by atoms with Gasteiger partial charge >= 0.3 is 6.18 Å². The summed E-state index contributed by atoms with van der Waals surface area (Å²) in [6.07, 6.45) is -3.49. The van der Waals surface area contributed by atoms with E-state index in [0.29, 0.717) is 24.6 Å². The van der Waals surface area contributed by atoms with Gasteiger partial charge in [0.2, 0.25) is 5.91 Å². The molecule has 5 nitrogen and oxygen atoms in total. The minimum Gasteiger partial charge on any atom is -0.357 e. The molecule has 24 heavy (non-hydrogen) atoms. The third kappa shape index (κ3) is 7.34. The van der Waals surface area contributed by atoms with Crippen LogP contribution in [-0.2, 0) is 17.5 Å². The predicted molar refractivity (Wildman–Crippen MR) is 87.6 cm³/mol. The van der Waals surface area contributed by atoms with Crippen molar-refractivity contribution in [2.75, 3.05) is 19.6 Å². The van der Waals surface area contributed by atoms with Crippen molar-refractivity contribution in [3.8, 4) is 0 Å². The first-order valence-corrected chi connectivity index (χ1v) is 7.81. The molecule has 1 aromatic rings. The van der Waals surface area contributed by atoms with Gasteiger partial charge in [0.15, 0.2) is 5.96 Å². The number of carbonyl (C=O) groups excluding carboxylic acids is 1. The molecule has 1 rings (SSSR count). The predicted octanol–water partition coefficient (Wildman–Crippen LogP) is 2.29. The van der Waals surface area contributed by atoms with Crippen LogP contribution in [0.15, 0.2) is 29.3 Å². The standard InChI is InChI=1S/C16H23F3N4O/c1-3-9-21-14(24)11-23-15(20-4-2)22-10-12-5-7-13(8-6-12)16(17,18)19/h5-8H,3-4,9-11H2,1-2H3,(H,21,24)(H2,20,22,23). The number of hydrogen-bond donors (Lipinski definition) is 3. The lowest BCUT2D eigenvalue weighted by Gasteiger charge is -2.11. The van der Waals surface area contributed by atoms with Crippen molar-refractivity contribution in [1.82, 2.24) is 16.0 Å². The molecule has 0 radical (unpaired) electrons. The van der Waals surface area contributed by atoms with Crippen molar-refractivity contribution >= 4 is 11.9 Å². The zero-order valence-corrected chi connectivity index (χ0v) is 13.8. The lowest BCUT2D eigenvalue weighted by Crippen LogP contribution is -2.43. The molecule has 0 saturated carbocycles. The van der Waals surface area contributed by atoms with E-state index in [0.717, 1.165) is 18.6 Å². The van der Waals surface area contributed by atoms with E-state index in [1.807, 2.05) is 13.8 Å². The molecule has 8 heteroatoms. The Balaban J connectivity index is 2.60. The Morgan fingerprint density at radius 1 is 1.08 bits per heavy atom. The Morgan fingerprint density at radius 2 is 1.75 bits per heavy atom. The van der Waals surface area contributed by atoms with Crippen LogP contribution in [0, 0.1) is 0 Å². The number of nitrogens with zero attached hydrogens (tertiary/aromatic N) is 1. The number of hydrogen-bond acceptors (Lipinski definition) is 2. The van der Waals surface area contributed by atoms with Crippen molar-refractivity contribution in [1.29, 1.82) is 0 Å². The molecular weight excluding hydrogens is 321 g/mol. The molecule has 1 amide bonds. The molecule has 3 N–H and O–H groups in total. The molecule has 0 aliphatic heterocycles. The second kappa shape index (κ2) is 9.79. The lowest BCUT2D eigenvalue weighted by molar-refractivity contribution is -0.137. The Kier molecular flexibility index (Phi) is 8.08. The van der Waals surface area contributed by atoms with Crippen LogP contribution in [0.5, 0.6) is 0 Å². The molecule has 0 aliphatic carbocycles. The molecule has 0 bridgehead atoms.